The van der Waals surface area contributed by atoms with Gasteiger partial charge in [0.25, 0.3) is 0 Å². The maximum absolute atomic E-state index is 13.1. The predicted molar refractivity (Wildman–Crippen MR) is 174 cm³/mol. The standard InChI is InChI=1S/C29H43N5O5S3/c1-22(34(21-35)19-16-30)27(41-40-23-9-5-4-6-10-23)15-20-39-29(36)31-17-18-32-42(37,38)28-14-8-11-24-25(28)12-7-13-26(24)33(2)3/h7-8,11-14,21,23,32H,4-6,9-10,15-20,30H2,1-3H3,(H,31,36). The number of benzene rings is 2. The highest BCUT2D eigenvalue weighted by molar-refractivity contribution is 8.78. The highest BCUT2D eigenvalue weighted by atomic mass is 33.1. The van der Waals surface area contributed by atoms with E-state index >= 15 is 0 Å². The normalized spacial score (nSPS) is 14.8. The van der Waals surface area contributed by atoms with E-state index in [0.29, 0.717) is 30.1 Å². The summed E-state index contributed by atoms with van der Waals surface area (Å²) in [5, 5.41) is 4.64. The van der Waals surface area contributed by atoms with Crippen LogP contribution in [0.1, 0.15) is 45.4 Å². The first-order valence-corrected chi connectivity index (χ1v) is 17.9. The lowest BCUT2D eigenvalue weighted by molar-refractivity contribution is -0.116. The average Bonchev–Trinajstić information content (AvgIpc) is 2.99. The molecule has 13 heteroatoms. The number of sulfonamides is 1. The van der Waals surface area contributed by atoms with Crippen LogP contribution in [0.2, 0.25) is 0 Å². The van der Waals surface area contributed by atoms with Crippen LogP contribution < -0.4 is 20.7 Å². The van der Waals surface area contributed by atoms with Gasteiger partial charge in [-0.1, -0.05) is 65.1 Å². The van der Waals surface area contributed by atoms with Crippen LogP contribution in [0.5, 0.6) is 0 Å². The summed E-state index contributed by atoms with van der Waals surface area (Å²) in [7, 11) is 3.48. The molecular weight excluding hydrogens is 595 g/mol. The molecule has 0 saturated heterocycles. The summed E-state index contributed by atoms with van der Waals surface area (Å²) in [6, 6.07) is 10.7. The van der Waals surface area contributed by atoms with Gasteiger partial charge in [0.1, 0.15) is 0 Å². The SMILES string of the molecule is CC(=C(CCOC(=O)NCCNS(=O)(=O)c1cccc2c(N(C)C)cccc12)SSC1CCCCC1)N(C=O)CCN. The largest absolute Gasteiger partial charge is 0.449 e. The first kappa shape index (κ1) is 34.0. The Kier molecular flexibility index (Phi) is 13.8. The summed E-state index contributed by atoms with van der Waals surface area (Å²) < 4.78 is 34.1. The maximum Gasteiger partial charge on any atom is 0.407 e. The van der Waals surface area contributed by atoms with Gasteiger partial charge >= 0.3 is 6.09 Å². The van der Waals surface area contributed by atoms with Crippen molar-refractivity contribution in [2.75, 3.05) is 51.8 Å². The van der Waals surface area contributed by atoms with Gasteiger partial charge in [0.15, 0.2) is 0 Å². The Balaban J connectivity index is 1.51. The summed E-state index contributed by atoms with van der Waals surface area (Å²) in [6.07, 6.45) is 6.74. The van der Waals surface area contributed by atoms with Crippen molar-refractivity contribution >= 4 is 60.6 Å². The van der Waals surface area contributed by atoms with E-state index in [4.69, 9.17) is 10.5 Å². The van der Waals surface area contributed by atoms with Crippen molar-refractivity contribution in [2.24, 2.45) is 5.73 Å². The number of rotatable bonds is 16. The molecule has 2 aromatic rings. The van der Waals surface area contributed by atoms with Gasteiger partial charge in [-0.05, 0) is 31.9 Å². The second-order valence-electron chi connectivity index (χ2n) is 10.3. The number of alkyl carbamates (subject to hydrolysis) is 1. The fourth-order valence-corrected chi connectivity index (χ4v) is 9.15. The molecule has 0 aromatic heterocycles. The lowest BCUT2D eigenvalue weighted by Gasteiger charge is -2.24. The number of nitrogens with two attached hydrogens (primary N) is 1. The van der Waals surface area contributed by atoms with Crippen molar-refractivity contribution < 1.29 is 22.7 Å². The lowest BCUT2D eigenvalue weighted by Crippen LogP contribution is -2.35. The quantitative estimate of drug-likeness (QED) is 0.136. The van der Waals surface area contributed by atoms with Crippen molar-refractivity contribution in [1.82, 2.24) is 14.9 Å². The van der Waals surface area contributed by atoms with E-state index < -0.39 is 16.1 Å². The molecule has 2 aromatic carbocycles. The van der Waals surface area contributed by atoms with Gasteiger partial charge in [-0.3, -0.25) is 4.79 Å². The molecule has 10 nitrogen and oxygen atoms in total. The van der Waals surface area contributed by atoms with E-state index in [1.165, 1.54) is 32.1 Å². The van der Waals surface area contributed by atoms with Crippen molar-refractivity contribution in [3.8, 4) is 0 Å². The topological polar surface area (TPSA) is 134 Å². The van der Waals surface area contributed by atoms with Crippen molar-refractivity contribution in [1.29, 1.82) is 0 Å². The lowest BCUT2D eigenvalue weighted by atomic mass is 10.0. The number of anilines is 1. The number of fused-ring (bicyclic) bond motifs is 1. The Morgan fingerprint density at radius 2 is 1.81 bits per heavy atom. The number of carbonyl (C=O) groups excluding carboxylic acids is 2. The zero-order valence-corrected chi connectivity index (χ0v) is 27.1. The summed E-state index contributed by atoms with van der Waals surface area (Å²) in [5.41, 5.74) is 7.41. The van der Waals surface area contributed by atoms with E-state index in [1.54, 1.807) is 33.9 Å². The summed E-state index contributed by atoms with van der Waals surface area (Å²) in [6.45, 7) is 2.85. The second kappa shape index (κ2) is 17.0. The third-order valence-electron chi connectivity index (χ3n) is 7.05. The van der Waals surface area contributed by atoms with Crippen molar-refractivity contribution in [3.05, 3.63) is 47.0 Å². The van der Waals surface area contributed by atoms with Gasteiger partial charge in [-0.2, -0.15) is 0 Å². The van der Waals surface area contributed by atoms with E-state index in [9.17, 15) is 18.0 Å². The molecule has 3 rings (SSSR count). The van der Waals surface area contributed by atoms with Gasteiger partial charge in [0.2, 0.25) is 16.4 Å². The van der Waals surface area contributed by atoms with Crippen molar-refractivity contribution in [2.45, 2.75) is 55.6 Å². The van der Waals surface area contributed by atoms with Crippen LogP contribution in [0.15, 0.2) is 51.9 Å². The van der Waals surface area contributed by atoms with Crippen LogP contribution in [0, 0.1) is 0 Å². The molecule has 0 spiro atoms. The van der Waals surface area contributed by atoms with E-state index in [1.807, 2.05) is 54.9 Å². The fraction of sp³-hybridized carbons (Fsp3) is 0.517. The number of amides is 2. The van der Waals surface area contributed by atoms with Gasteiger partial charge in [0, 0.05) is 79.0 Å². The number of nitrogens with zero attached hydrogens (tertiary/aromatic N) is 2. The fourth-order valence-electron chi connectivity index (χ4n) is 4.77. The molecule has 4 N–H and O–H groups in total. The molecule has 0 heterocycles. The number of nitrogens with one attached hydrogen (secondary N) is 2. The molecule has 1 aliphatic carbocycles. The third-order valence-corrected chi connectivity index (χ3v) is 11.8. The monoisotopic (exact) mass is 637 g/mol. The van der Waals surface area contributed by atoms with Crippen LogP contribution in [0.4, 0.5) is 10.5 Å². The average molecular weight is 638 g/mol. The molecular formula is C29H43N5O5S3. The third kappa shape index (κ3) is 9.80. The predicted octanol–water partition coefficient (Wildman–Crippen LogP) is 4.66. The van der Waals surface area contributed by atoms with Crippen LogP contribution in [0.3, 0.4) is 0 Å². The van der Waals surface area contributed by atoms with Gasteiger partial charge in [-0.15, -0.1) is 0 Å². The zero-order valence-electron chi connectivity index (χ0n) is 24.6. The maximum atomic E-state index is 13.1. The smallest absolute Gasteiger partial charge is 0.407 e. The Bertz CT molecular complexity index is 1330. The number of allylic oxidation sites excluding steroid dienone is 1. The molecule has 0 unspecified atom stereocenters. The van der Waals surface area contributed by atoms with E-state index in [0.717, 1.165) is 28.1 Å². The molecule has 1 fully saturated rings. The van der Waals surface area contributed by atoms with E-state index in [-0.39, 0.29) is 24.6 Å². The Morgan fingerprint density at radius 1 is 1.10 bits per heavy atom. The summed E-state index contributed by atoms with van der Waals surface area (Å²) >= 11 is 0. The Hall–Kier alpha value is -2.45. The Labute approximate surface area is 257 Å². The minimum atomic E-state index is -3.81. The van der Waals surface area contributed by atoms with Crippen LogP contribution in [0.25, 0.3) is 10.8 Å². The first-order chi connectivity index (χ1) is 20.2. The van der Waals surface area contributed by atoms with Crippen LogP contribution in [-0.2, 0) is 19.6 Å². The van der Waals surface area contributed by atoms with Gasteiger partial charge in [0.05, 0.1) is 11.5 Å². The number of carbonyl (C=O) groups is 2. The highest BCUT2D eigenvalue weighted by Gasteiger charge is 2.20. The molecule has 0 radical (unpaired) electrons. The second-order valence-corrected chi connectivity index (χ2v) is 14.6. The molecule has 0 bridgehead atoms. The number of ether oxygens (including phenoxy) is 1. The minimum Gasteiger partial charge on any atom is -0.449 e. The van der Waals surface area contributed by atoms with Gasteiger partial charge in [-0.25, -0.2) is 17.9 Å². The van der Waals surface area contributed by atoms with Crippen molar-refractivity contribution in [3.63, 3.8) is 0 Å². The molecule has 1 saturated carbocycles. The Morgan fingerprint density at radius 3 is 2.50 bits per heavy atom. The van der Waals surface area contributed by atoms with E-state index in [2.05, 4.69) is 10.0 Å². The van der Waals surface area contributed by atoms with Gasteiger partial charge < -0.3 is 25.6 Å². The highest BCUT2D eigenvalue weighted by Crippen LogP contribution is 2.42. The van der Waals surface area contributed by atoms with Crippen LogP contribution >= 0.6 is 21.6 Å². The number of hydrogen-bond acceptors (Lipinski definition) is 9. The molecule has 0 aliphatic heterocycles. The minimum absolute atomic E-state index is 0.00666. The van der Waals surface area contributed by atoms with Crippen LogP contribution in [-0.4, -0.2) is 78.0 Å². The molecule has 42 heavy (non-hydrogen) atoms. The number of hydrogen-bond donors (Lipinski definition) is 3. The molecule has 0 atom stereocenters. The molecule has 2 amide bonds. The molecule has 1 aliphatic rings. The zero-order chi connectivity index (χ0) is 30.5. The summed E-state index contributed by atoms with van der Waals surface area (Å²) in [4.78, 5) is 28.6. The molecule has 232 valence electrons. The first-order valence-electron chi connectivity index (χ1n) is 14.2. The summed E-state index contributed by atoms with van der Waals surface area (Å²) in [5.74, 6) is 0.